The highest BCUT2D eigenvalue weighted by Gasteiger charge is 2.18. The molecule has 3 nitrogen and oxygen atoms in total. The Balaban J connectivity index is 2.00. The van der Waals surface area contributed by atoms with Crippen molar-refractivity contribution in [3.8, 4) is 0 Å². The molecule has 3 rings (SSSR count). The molecule has 1 heterocycles. The molecule has 0 amide bonds. The molecule has 0 bridgehead atoms. The maximum absolute atomic E-state index is 5.93. The molecule has 0 radical (unpaired) electrons. The Morgan fingerprint density at radius 3 is 2.30 bits per heavy atom. The first-order valence-corrected chi connectivity index (χ1v) is 6.56. The van der Waals surface area contributed by atoms with Gasteiger partial charge in [-0.2, -0.15) is 0 Å². The van der Waals surface area contributed by atoms with Gasteiger partial charge in [0.2, 0.25) is 0 Å². The molecule has 20 heavy (non-hydrogen) atoms. The molecule has 2 N–H and O–H groups in total. The summed E-state index contributed by atoms with van der Waals surface area (Å²) >= 11 is 5.89. The lowest BCUT2D eigenvalue weighted by atomic mass is 10.00. The number of nitrogens with two attached hydrogens (primary N) is 1. The maximum atomic E-state index is 5.93. The predicted octanol–water partition coefficient (Wildman–Crippen LogP) is 3.50. The van der Waals surface area contributed by atoms with Crippen molar-refractivity contribution in [3.63, 3.8) is 0 Å². The zero-order valence-corrected chi connectivity index (χ0v) is 11.4. The van der Waals surface area contributed by atoms with E-state index in [4.69, 9.17) is 17.3 Å². The largest absolute Gasteiger partial charge is 0.382 e. The standard InChI is InChI=1S/C16H12ClN3/c17-13-8-6-11(7-9-13)10-14-15(19-20-16(14)18)12-4-2-1-3-5-12/h1-10H,(H2,18,20)/b14-10-. The van der Waals surface area contributed by atoms with Crippen molar-refractivity contribution < 1.29 is 0 Å². The molecule has 0 spiro atoms. The van der Waals surface area contributed by atoms with E-state index in [1.165, 1.54) is 0 Å². The molecule has 2 aromatic carbocycles. The molecule has 0 aliphatic carbocycles. The Kier molecular flexibility index (Phi) is 3.35. The van der Waals surface area contributed by atoms with E-state index in [0.29, 0.717) is 10.9 Å². The fraction of sp³-hybridized carbons (Fsp3) is 0. The van der Waals surface area contributed by atoms with Crippen LogP contribution in [0.2, 0.25) is 5.02 Å². The van der Waals surface area contributed by atoms with Crippen LogP contribution in [0.5, 0.6) is 0 Å². The molecule has 0 saturated heterocycles. The Hall–Kier alpha value is -2.39. The summed E-state index contributed by atoms with van der Waals surface area (Å²) in [5.74, 6) is 0.429. The van der Waals surface area contributed by atoms with Gasteiger partial charge in [-0.3, -0.25) is 0 Å². The highest BCUT2D eigenvalue weighted by molar-refractivity contribution is 6.33. The van der Waals surface area contributed by atoms with E-state index in [1.54, 1.807) is 0 Å². The highest BCUT2D eigenvalue weighted by Crippen LogP contribution is 2.19. The van der Waals surface area contributed by atoms with Crippen LogP contribution in [0.25, 0.3) is 6.08 Å². The van der Waals surface area contributed by atoms with Gasteiger partial charge in [-0.15, -0.1) is 10.2 Å². The average Bonchev–Trinajstić information content (AvgIpc) is 2.84. The molecule has 0 aromatic heterocycles. The van der Waals surface area contributed by atoms with Crippen LogP contribution >= 0.6 is 11.6 Å². The van der Waals surface area contributed by atoms with E-state index in [2.05, 4.69) is 10.2 Å². The van der Waals surface area contributed by atoms with Gasteiger partial charge in [0.25, 0.3) is 0 Å². The van der Waals surface area contributed by atoms with Gasteiger partial charge in [-0.05, 0) is 23.8 Å². The number of benzene rings is 2. The summed E-state index contributed by atoms with van der Waals surface area (Å²) in [5, 5.41) is 8.85. The lowest BCUT2D eigenvalue weighted by molar-refractivity contribution is 1.26. The van der Waals surface area contributed by atoms with Gasteiger partial charge in [0.05, 0.1) is 0 Å². The molecule has 0 unspecified atom stereocenters. The first-order valence-electron chi connectivity index (χ1n) is 6.18. The molecule has 2 aromatic rings. The number of halogens is 1. The fourth-order valence-electron chi connectivity index (χ4n) is 2.01. The lowest BCUT2D eigenvalue weighted by Gasteiger charge is -2.04. The molecule has 98 valence electrons. The molecule has 0 atom stereocenters. The first kappa shape index (κ1) is 12.6. The summed E-state index contributed by atoms with van der Waals surface area (Å²) in [6, 6.07) is 17.4. The van der Waals surface area contributed by atoms with Crippen LogP contribution in [0.1, 0.15) is 11.1 Å². The second-order valence-electron chi connectivity index (χ2n) is 4.41. The monoisotopic (exact) mass is 281 g/mol. The van der Waals surface area contributed by atoms with E-state index in [0.717, 1.165) is 22.4 Å². The topological polar surface area (TPSA) is 50.7 Å². The average molecular weight is 282 g/mol. The number of rotatable bonds is 2. The van der Waals surface area contributed by atoms with Gasteiger partial charge in [0.1, 0.15) is 5.71 Å². The maximum Gasteiger partial charge on any atom is 0.155 e. The van der Waals surface area contributed by atoms with Gasteiger partial charge >= 0.3 is 0 Å². The van der Waals surface area contributed by atoms with Crippen molar-refractivity contribution in [2.75, 3.05) is 0 Å². The van der Waals surface area contributed by atoms with Gasteiger partial charge in [0, 0.05) is 16.2 Å². The van der Waals surface area contributed by atoms with E-state index in [9.17, 15) is 0 Å². The summed E-state index contributed by atoms with van der Waals surface area (Å²) in [6.07, 6.45) is 1.97. The third-order valence-corrected chi connectivity index (χ3v) is 3.27. The Morgan fingerprint density at radius 2 is 1.60 bits per heavy atom. The zero-order chi connectivity index (χ0) is 13.9. The minimum atomic E-state index is 0.429. The van der Waals surface area contributed by atoms with E-state index >= 15 is 0 Å². The van der Waals surface area contributed by atoms with Crippen LogP contribution in [-0.2, 0) is 0 Å². The molecular weight excluding hydrogens is 270 g/mol. The third-order valence-electron chi connectivity index (χ3n) is 3.02. The SMILES string of the molecule is NC1=NN=C(c2ccccc2)/C1=C/c1ccc(Cl)cc1. The molecular formula is C16H12ClN3. The smallest absolute Gasteiger partial charge is 0.155 e. The summed E-state index contributed by atoms with van der Waals surface area (Å²) in [4.78, 5) is 0. The second kappa shape index (κ2) is 5.31. The van der Waals surface area contributed by atoms with E-state index in [1.807, 2.05) is 60.7 Å². The molecule has 0 fully saturated rings. The van der Waals surface area contributed by atoms with Crippen molar-refractivity contribution in [1.29, 1.82) is 0 Å². The Bertz CT molecular complexity index is 713. The van der Waals surface area contributed by atoms with Crippen LogP contribution in [0.3, 0.4) is 0 Å². The third kappa shape index (κ3) is 2.49. The second-order valence-corrected chi connectivity index (χ2v) is 4.85. The van der Waals surface area contributed by atoms with Crippen molar-refractivity contribution in [3.05, 3.63) is 76.3 Å². The lowest BCUT2D eigenvalue weighted by Crippen LogP contribution is -2.17. The van der Waals surface area contributed by atoms with Crippen molar-refractivity contribution in [2.24, 2.45) is 15.9 Å². The van der Waals surface area contributed by atoms with Gasteiger partial charge in [-0.25, -0.2) is 0 Å². The van der Waals surface area contributed by atoms with E-state index < -0.39 is 0 Å². The van der Waals surface area contributed by atoms with Gasteiger partial charge < -0.3 is 5.73 Å². The van der Waals surface area contributed by atoms with E-state index in [-0.39, 0.29) is 0 Å². The fourth-order valence-corrected chi connectivity index (χ4v) is 2.14. The van der Waals surface area contributed by atoms with Crippen LogP contribution in [0.15, 0.2) is 70.4 Å². The predicted molar refractivity (Wildman–Crippen MR) is 84.0 cm³/mol. The van der Waals surface area contributed by atoms with Crippen LogP contribution in [-0.4, -0.2) is 11.5 Å². The number of nitrogens with zero attached hydrogens (tertiary/aromatic N) is 2. The normalized spacial score (nSPS) is 16.1. The quantitative estimate of drug-likeness (QED) is 0.900. The molecule has 0 saturated carbocycles. The van der Waals surface area contributed by atoms with Crippen LogP contribution in [0.4, 0.5) is 0 Å². The summed E-state index contributed by atoms with van der Waals surface area (Å²) in [6.45, 7) is 0. The Morgan fingerprint density at radius 1 is 0.900 bits per heavy atom. The first-order chi connectivity index (χ1) is 9.74. The highest BCUT2D eigenvalue weighted by atomic mass is 35.5. The zero-order valence-electron chi connectivity index (χ0n) is 10.6. The van der Waals surface area contributed by atoms with Crippen molar-refractivity contribution in [1.82, 2.24) is 0 Å². The number of hydrogen-bond donors (Lipinski definition) is 1. The van der Waals surface area contributed by atoms with Gasteiger partial charge in [0.15, 0.2) is 5.84 Å². The van der Waals surface area contributed by atoms with Gasteiger partial charge in [-0.1, -0.05) is 54.1 Å². The summed E-state index contributed by atoms with van der Waals surface area (Å²) < 4.78 is 0. The van der Waals surface area contributed by atoms with Crippen molar-refractivity contribution >= 4 is 29.2 Å². The molecule has 1 aliphatic rings. The summed E-state index contributed by atoms with van der Waals surface area (Å²) in [5.41, 5.74) is 9.55. The van der Waals surface area contributed by atoms with Crippen LogP contribution < -0.4 is 5.73 Å². The summed E-state index contributed by atoms with van der Waals surface area (Å²) in [7, 11) is 0. The van der Waals surface area contributed by atoms with Crippen molar-refractivity contribution in [2.45, 2.75) is 0 Å². The number of hydrogen-bond acceptors (Lipinski definition) is 3. The number of amidine groups is 1. The minimum Gasteiger partial charge on any atom is -0.382 e. The Labute approximate surface area is 122 Å². The van der Waals surface area contributed by atoms with Crippen LogP contribution in [0, 0.1) is 0 Å². The molecule has 1 aliphatic heterocycles. The molecule has 4 heteroatoms. The minimum absolute atomic E-state index is 0.429.